The first-order valence-corrected chi connectivity index (χ1v) is 7.74. The molecule has 1 saturated heterocycles. The van der Waals surface area contributed by atoms with Crippen molar-refractivity contribution in [2.24, 2.45) is 0 Å². The lowest BCUT2D eigenvalue weighted by atomic mass is 9.99. The van der Waals surface area contributed by atoms with E-state index in [9.17, 15) is 14.9 Å². The normalized spacial score (nSPS) is 17.5. The molecule has 0 aliphatic carbocycles. The molecule has 1 aliphatic rings. The van der Waals surface area contributed by atoms with Crippen molar-refractivity contribution in [2.45, 2.75) is 25.3 Å². The van der Waals surface area contributed by atoms with Gasteiger partial charge in [0.2, 0.25) is 0 Å². The molecule has 1 atom stereocenters. The minimum Gasteiger partial charge on any atom is -0.465 e. The van der Waals surface area contributed by atoms with Gasteiger partial charge in [-0.05, 0) is 31.4 Å². The van der Waals surface area contributed by atoms with Crippen molar-refractivity contribution in [3.05, 3.63) is 52.1 Å². The second-order valence-electron chi connectivity index (χ2n) is 5.63. The number of imidazole rings is 1. The van der Waals surface area contributed by atoms with Crippen LogP contribution >= 0.6 is 0 Å². The zero-order valence-electron chi connectivity index (χ0n) is 13.3. The first-order chi connectivity index (χ1) is 11.6. The van der Waals surface area contributed by atoms with Gasteiger partial charge in [0.1, 0.15) is 11.4 Å². The molecule has 3 rings (SSSR count). The molecule has 0 saturated carbocycles. The molecule has 1 aromatic heterocycles. The molecule has 2 heterocycles. The van der Waals surface area contributed by atoms with Gasteiger partial charge in [0.05, 0.1) is 18.1 Å². The fourth-order valence-corrected chi connectivity index (χ4v) is 3.12. The fourth-order valence-electron chi connectivity index (χ4n) is 3.12. The van der Waals surface area contributed by atoms with E-state index in [1.165, 1.54) is 19.2 Å². The summed E-state index contributed by atoms with van der Waals surface area (Å²) in [4.78, 5) is 32.1. The number of ether oxygens (including phenoxy) is 1. The van der Waals surface area contributed by atoms with Gasteiger partial charge in [-0.25, -0.2) is 9.78 Å². The summed E-state index contributed by atoms with van der Waals surface area (Å²) in [7, 11) is 1.21. The zero-order chi connectivity index (χ0) is 17.1. The van der Waals surface area contributed by atoms with E-state index >= 15 is 0 Å². The number of piperidine rings is 1. The molecule has 1 aliphatic heterocycles. The highest BCUT2D eigenvalue weighted by Gasteiger charge is 2.29. The van der Waals surface area contributed by atoms with Gasteiger partial charge in [-0.1, -0.05) is 0 Å². The van der Waals surface area contributed by atoms with Gasteiger partial charge in [0, 0.05) is 30.7 Å². The van der Waals surface area contributed by atoms with Crippen LogP contribution in [-0.2, 0) is 4.74 Å². The maximum Gasteiger partial charge on any atom is 0.344 e. The summed E-state index contributed by atoms with van der Waals surface area (Å²) in [6, 6.07) is 4.62. The lowest BCUT2D eigenvalue weighted by molar-refractivity contribution is -0.385. The van der Waals surface area contributed by atoms with Crippen molar-refractivity contribution in [3.8, 4) is 0 Å². The predicted octanol–water partition coefficient (Wildman–Crippen LogP) is 2.84. The summed E-state index contributed by atoms with van der Waals surface area (Å²) < 4.78 is 4.69. The average Bonchev–Trinajstić information content (AvgIpc) is 3.15. The van der Waals surface area contributed by atoms with Crippen molar-refractivity contribution in [1.82, 2.24) is 9.97 Å². The van der Waals surface area contributed by atoms with Crippen molar-refractivity contribution >= 4 is 17.3 Å². The SMILES string of the molecule is COC(=O)c1cc(N2CCCC[C@@H]2c2ncc[nH]2)ccc1[N+](=O)[O-]. The highest BCUT2D eigenvalue weighted by Crippen LogP contribution is 2.35. The molecule has 0 unspecified atom stereocenters. The van der Waals surface area contributed by atoms with E-state index in [1.807, 2.05) is 0 Å². The Morgan fingerprint density at radius 2 is 2.29 bits per heavy atom. The predicted molar refractivity (Wildman–Crippen MR) is 87.0 cm³/mol. The number of aromatic amines is 1. The molecule has 126 valence electrons. The van der Waals surface area contributed by atoms with Crippen LogP contribution < -0.4 is 4.90 Å². The Morgan fingerprint density at radius 1 is 1.46 bits per heavy atom. The molecule has 24 heavy (non-hydrogen) atoms. The van der Waals surface area contributed by atoms with Gasteiger partial charge in [0.25, 0.3) is 5.69 Å². The number of benzene rings is 1. The highest BCUT2D eigenvalue weighted by atomic mass is 16.6. The number of nitro groups is 1. The molecule has 2 aromatic rings. The Bertz CT molecular complexity index is 745. The lowest BCUT2D eigenvalue weighted by Gasteiger charge is -2.36. The maximum atomic E-state index is 11.9. The van der Waals surface area contributed by atoms with Gasteiger partial charge >= 0.3 is 5.97 Å². The quantitative estimate of drug-likeness (QED) is 0.525. The zero-order valence-corrected chi connectivity index (χ0v) is 13.3. The van der Waals surface area contributed by atoms with Crippen LogP contribution in [0.25, 0.3) is 0 Å². The number of nitro benzene ring substituents is 1. The molecule has 0 radical (unpaired) electrons. The number of nitrogens with one attached hydrogen (secondary N) is 1. The third kappa shape index (κ3) is 2.94. The first-order valence-electron chi connectivity index (χ1n) is 7.74. The van der Waals surface area contributed by atoms with E-state index in [4.69, 9.17) is 0 Å². The molecule has 8 nitrogen and oxygen atoms in total. The smallest absolute Gasteiger partial charge is 0.344 e. The lowest BCUT2D eigenvalue weighted by Crippen LogP contribution is -2.34. The van der Waals surface area contributed by atoms with E-state index in [2.05, 4.69) is 19.6 Å². The highest BCUT2D eigenvalue weighted by molar-refractivity contribution is 5.95. The summed E-state index contributed by atoms with van der Waals surface area (Å²) in [5.74, 6) is 0.141. The molecule has 0 spiro atoms. The topological polar surface area (TPSA) is 101 Å². The minimum atomic E-state index is -0.713. The molecule has 0 bridgehead atoms. The van der Waals surface area contributed by atoms with Gasteiger partial charge < -0.3 is 14.6 Å². The van der Waals surface area contributed by atoms with Gasteiger partial charge in [-0.2, -0.15) is 0 Å². The standard InChI is InChI=1S/C16H18N4O4/c1-24-16(21)12-10-11(5-6-13(12)20(22)23)19-9-3-2-4-14(19)15-17-7-8-18-15/h5-8,10,14H,2-4,9H2,1H3,(H,17,18)/t14-/m1/s1. The first kappa shape index (κ1) is 16.0. The maximum absolute atomic E-state index is 11.9. The van der Waals surface area contributed by atoms with Crippen LogP contribution in [0.4, 0.5) is 11.4 Å². The Hall–Kier alpha value is -2.90. The fraction of sp³-hybridized carbons (Fsp3) is 0.375. The number of nitrogens with zero attached hydrogens (tertiary/aromatic N) is 3. The van der Waals surface area contributed by atoms with Crippen molar-refractivity contribution in [2.75, 3.05) is 18.6 Å². The Labute approximate surface area is 138 Å². The van der Waals surface area contributed by atoms with Crippen LogP contribution in [0.3, 0.4) is 0 Å². The number of anilines is 1. The van der Waals surface area contributed by atoms with Crippen LogP contribution in [0.15, 0.2) is 30.6 Å². The number of carbonyl (C=O) groups is 1. The van der Waals surface area contributed by atoms with Gasteiger partial charge in [-0.15, -0.1) is 0 Å². The summed E-state index contributed by atoms with van der Waals surface area (Å²) >= 11 is 0. The molecule has 0 amide bonds. The molecule has 1 N–H and O–H groups in total. The largest absolute Gasteiger partial charge is 0.465 e. The van der Waals surface area contributed by atoms with Crippen LogP contribution in [0, 0.1) is 10.1 Å². The molecule has 1 aromatic carbocycles. The number of carbonyl (C=O) groups excluding carboxylic acids is 1. The van der Waals surface area contributed by atoms with E-state index in [1.54, 1.807) is 18.5 Å². The summed E-state index contributed by atoms with van der Waals surface area (Å²) in [6.07, 6.45) is 6.51. The molecule has 8 heteroatoms. The van der Waals surface area contributed by atoms with Gasteiger partial charge in [-0.3, -0.25) is 10.1 Å². The number of hydrogen-bond donors (Lipinski definition) is 1. The second kappa shape index (κ2) is 6.69. The second-order valence-corrected chi connectivity index (χ2v) is 5.63. The van der Waals surface area contributed by atoms with Gasteiger partial charge in [0.15, 0.2) is 0 Å². The minimum absolute atomic E-state index is 0.0382. The number of esters is 1. The van der Waals surface area contributed by atoms with E-state index in [0.29, 0.717) is 0 Å². The van der Waals surface area contributed by atoms with E-state index in [-0.39, 0.29) is 17.3 Å². The third-order valence-electron chi connectivity index (χ3n) is 4.25. The summed E-state index contributed by atoms with van der Waals surface area (Å²) in [5, 5.41) is 11.1. The Balaban J connectivity index is 2.01. The van der Waals surface area contributed by atoms with Crippen LogP contribution in [-0.4, -0.2) is 34.5 Å². The number of methoxy groups -OCH3 is 1. The number of H-pyrrole nitrogens is 1. The van der Waals surface area contributed by atoms with Crippen LogP contribution in [0.1, 0.15) is 41.5 Å². The van der Waals surface area contributed by atoms with Crippen molar-refractivity contribution in [1.29, 1.82) is 0 Å². The monoisotopic (exact) mass is 330 g/mol. The number of hydrogen-bond acceptors (Lipinski definition) is 6. The number of aromatic nitrogens is 2. The molecular weight excluding hydrogens is 312 g/mol. The molecule has 1 fully saturated rings. The van der Waals surface area contributed by atoms with E-state index < -0.39 is 10.9 Å². The van der Waals surface area contributed by atoms with Crippen LogP contribution in [0.5, 0.6) is 0 Å². The number of rotatable bonds is 4. The summed E-state index contributed by atoms with van der Waals surface area (Å²) in [6.45, 7) is 0.795. The van der Waals surface area contributed by atoms with Crippen LogP contribution in [0.2, 0.25) is 0 Å². The Morgan fingerprint density at radius 3 is 2.96 bits per heavy atom. The van der Waals surface area contributed by atoms with E-state index in [0.717, 1.165) is 37.3 Å². The average molecular weight is 330 g/mol. The molecular formula is C16H18N4O4. The third-order valence-corrected chi connectivity index (χ3v) is 4.25. The Kier molecular flexibility index (Phi) is 4.45. The summed E-state index contributed by atoms with van der Waals surface area (Å²) in [5.41, 5.74) is 0.461. The van der Waals surface area contributed by atoms with Crippen molar-refractivity contribution in [3.63, 3.8) is 0 Å². The van der Waals surface area contributed by atoms with Crippen molar-refractivity contribution < 1.29 is 14.5 Å².